The van der Waals surface area contributed by atoms with E-state index in [1.165, 1.54) is 6.07 Å². The molecule has 0 fully saturated rings. The molecule has 5 nitrogen and oxygen atoms in total. The van der Waals surface area contributed by atoms with Crippen LogP contribution in [0.3, 0.4) is 0 Å². The zero-order valence-electron chi connectivity index (χ0n) is 9.17. The van der Waals surface area contributed by atoms with Gasteiger partial charge >= 0.3 is 5.97 Å². The molecule has 0 amide bonds. The molecule has 0 aliphatic carbocycles. The van der Waals surface area contributed by atoms with E-state index >= 15 is 0 Å². The summed E-state index contributed by atoms with van der Waals surface area (Å²) < 4.78 is 0. The van der Waals surface area contributed by atoms with Crippen molar-refractivity contribution in [2.24, 2.45) is 0 Å². The molecule has 2 N–H and O–H groups in total. The highest BCUT2D eigenvalue weighted by Crippen LogP contribution is 2.11. The van der Waals surface area contributed by atoms with Crippen molar-refractivity contribution in [3.05, 3.63) is 40.0 Å². The average molecular weight is 249 g/mol. The topological polar surface area (TPSA) is 75.1 Å². The molecule has 0 saturated carbocycles. The Morgan fingerprint density at radius 2 is 2.29 bits per heavy atom. The maximum atomic E-state index is 10.7. The number of nitrogens with zero attached hydrogens (tertiary/aromatic N) is 2. The Morgan fingerprint density at radius 1 is 1.47 bits per heavy atom. The third-order valence-corrected chi connectivity index (χ3v) is 3.02. The third kappa shape index (κ3) is 3.01. The smallest absolute Gasteiger partial charge is 0.354 e. The first-order valence-electron chi connectivity index (χ1n) is 5.00. The molecule has 0 atom stereocenters. The lowest BCUT2D eigenvalue weighted by molar-refractivity contribution is 0.0690. The van der Waals surface area contributed by atoms with Crippen LogP contribution < -0.4 is 5.32 Å². The largest absolute Gasteiger partial charge is 0.477 e. The average Bonchev–Trinajstić information content (AvgIpc) is 2.73. The second kappa shape index (κ2) is 4.92. The van der Waals surface area contributed by atoms with Crippen molar-refractivity contribution in [3.63, 3.8) is 0 Å². The van der Waals surface area contributed by atoms with Crippen LogP contribution in [0.15, 0.2) is 23.6 Å². The monoisotopic (exact) mass is 249 g/mol. The Morgan fingerprint density at radius 3 is 2.94 bits per heavy atom. The van der Waals surface area contributed by atoms with E-state index in [9.17, 15) is 4.79 Å². The zero-order valence-corrected chi connectivity index (χ0v) is 9.99. The molecule has 0 radical (unpaired) electrons. The molecule has 0 saturated heterocycles. The maximum absolute atomic E-state index is 10.7. The number of anilines is 1. The molecule has 0 aliphatic rings. The Labute approximate surface area is 102 Å². The number of pyridine rings is 1. The van der Waals surface area contributed by atoms with E-state index in [0.29, 0.717) is 12.4 Å². The first kappa shape index (κ1) is 11.5. The van der Waals surface area contributed by atoms with E-state index < -0.39 is 5.97 Å². The van der Waals surface area contributed by atoms with Gasteiger partial charge in [-0.25, -0.2) is 14.8 Å². The summed E-state index contributed by atoms with van der Waals surface area (Å²) in [5, 5.41) is 14.8. The number of aromatic nitrogens is 2. The summed E-state index contributed by atoms with van der Waals surface area (Å²) in [5.41, 5.74) is 1.02. The van der Waals surface area contributed by atoms with Crippen LogP contribution >= 0.6 is 11.3 Å². The number of nitrogens with one attached hydrogen (secondary N) is 1. The summed E-state index contributed by atoms with van der Waals surface area (Å²) in [5.74, 6) is -0.489. The van der Waals surface area contributed by atoms with Gasteiger partial charge in [-0.05, 0) is 19.1 Å². The van der Waals surface area contributed by atoms with E-state index in [2.05, 4.69) is 15.3 Å². The molecule has 88 valence electrons. The Balaban J connectivity index is 2.04. The lowest BCUT2D eigenvalue weighted by Crippen LogP contribution is -2.05. The van der Waals surface area contributed by atoms with E-state index in [-0.39, 0.29) is 5.69 Å². The highest BCUT2D eigenvalue weighted by Gasteiger charge is 2.05. The molecule has 0 bridgehead atoms. The highest BCUT2D eigenvalue weighted by molar-refractivity contribution is 7.09. The summed E-state index contributed by atoms with van der Waals surface area (Å²) in [4.78, 5) is 19.0. The van der Waals surface area contributed by atoms with Crippen LogP contribution in [0.5, 0.6) is 0 Å². The molecular weight excluding hydrogens is 238 g/mol. The Kier molecular flexibility index (Phi) is 3.34. The van der Waals surface area contributed by atoms with Crippen LogP contribution in [0.2, 0.25) is 0 Å². The van der Waals surface area contributed by atoms with Crippen molar-refractivity contribution in [1.82, 2.24) is 9.97 Å². The van der Waals surface area contributed by atoms with E-state index in [0.717, 1.165) is 10.7 Å². The van der Waals surface area contributed by atoms with E-state index in [1.807, 2.05) is 12.3 Å². The van der Waals surface area contributed by atoms with Crippen LogP contribution in [0, 0.1) is 6.92 Å². The van der Waals surface area contributed by atoms with Gasteiger partial charge in [-0.2, -0.15) is 0 Å². The number of carbonyl (C=O) groups is 1. The van der Waals surface area contributed by atoms with Gasteiger partial charge in [-0.1, -0.05) is 6.07 Å². The number of carboxylic acid groups (broad SMARTS) is 1. The molecule has 6 heteroatoms. The van der Waals surface area contributed by atoms with E-state index in [1.54, 1.807) is 23.5 Å². The normalized spacial score (nSPS) is 10.2. The lowest BCUT2D eigenvalue weighted by atomic mass is 10.3. The molecule has 0 aliphatic heterocycles. The second-order valence-electron chi connectivity index (χ2n) is 3.45. The fourth-order valence-electron chi connectivity index (χ4n) is 1.30. The molecule has 0 unspecified atom stereocenters. The van der Waals surface area contributed by atoms with Gasteiger partial charge in [0.15, 0.2) is 5.69 Å². The van der Waals surface area contributed by atoms with Crippen LogP contribution in [0.25, 0.3) is 0 Å². The van der Waals surface area contributed by atoms with Gasteiger partial charge in [-0.15, -0.1) is 11.3 Å². The fourth-order valence-corrected chi connectivity index (χ4v) is 2.01. The first-order valence-corrected chi connectivity index (χ1v) is 5.88. The minimum Gasteiger partial charge on any atom is -0.477 e. The molecule has 2 aromatic rings. The molecule has 17 heavy (non-hydrogen) atoms. The van der Waals surface area contributed by atoms with E-state index in [4.69, 9.17) is 5.11 Å². The molecular formula is C11H11N3O2S. The number of hydrogen-bond acceptors (Lipinski definition) is 5. The minimum absolute atomic E-state index is 0.0327. The minimum atomic E-state index is -1.03. The van der Waals surface area contributed by atoms with Crippen molar-refractivity contribution in [2.45, 2.75) is 13.5 Å². The summed E-state index contributed by atoms with van der Waals surface area (Å²) in [6.07, 6.45) is 0. The van der Waals surface area contributed by atoms with Crippen molar-refractivity contribution in [1.29, 1.82) is 0 Å². The van der Waals surface area contributed by atoms with Gasteiger partial charge < -0.3 is 10.4 Å². The summed E-state index contributed by atoms with van der Waals surface area (Å²) >= 11 is 1.56. The predicted octanol–water partition coefficient (Wildman–Crippen LogP) is 2.16. The summed E-state index contributed by atoms with van der Waals surface area (Å²) in [6, 6.07) is 4.85. The van der Waals surface area contributed by atoms with Crippen molar-refractivity contribution in [3.8, 4) is 0 Å². The number of rotatable bonds is 4. The first-order chi connectivity index (χ1) is 8.15. The highest BCUT2D eigenvalue weighted by atomic mass is 32.1. The van der Waals surface area contributed by atoms with Crippen LogP contribution in [0.1, 0.15) is 21.2 Å². The lowest BCUT2D eigenvalue weighted by Gasteiger charge is -2.03. The third-order valence-electron chi connectivity index (χ3n) is 2.06. The quantitative estimate of drug-likeness (QED) is 0.868. The van der Waals surface area contributed by atoms with Gasteiger partial charge in [0.05, 0.1) is 6.54 Å². The number of aromatic carboxylic acids is 1. The standard InChI is InChI=1S/C11H11N3O2S/c1-7-6-17-10(13-7)5-12-9-4-2-3-8(14-9)11(15)16/h2-4,6H,5H2,1H3,(H,12,14)(H,15,16). The molecule has 2 aromatic heterocycles. The summed E-state index contributed by atoms with van der Waals surface area (Å²) in [7, 11) is 0. The molecule has 2 rings (SSSR count). The van der Waals surface area contributed by atoms with Gasteiger partial charge in [0.25, 0.3) is 0 Å². The number of thiazole rings is 1. The molecule has 0 aromatic carbocycles. The molecule has 2 heterocycles. The SMILES string of the molecule is Cc1csc(CNc2cccc(C(=O)O)n2)n1. The number of hydrogen-bond donors (Lipinski definition) is 2. The fraction of sp³-hybridized carbons (Fsp3) is 0.182. The zero-order chi connectivity index (χ0) is 12.3. The van der Waals surface area contributed by atoms with Crippen LogP contribution in [-0.2, 0) is 6.54 Å². The van der Waals surface area contributed by atoms with Gasteiger partial charge in [-0.3, -0.25) is 0 Å². The van der Waals surface area contributed by atoms with Gasteiger partial charge in [0.1, 0.15) is 10.8 Å². The Hall–Kier alpha value is -1.95. The molecule has 0 spiro atoms. The van der Waals surface area contributed by atoms with Crippen LogP contribution in [-0.4, -0.2) is 21.0 Å². The summed E-state index contributed by atoms with van der Waals surface area (Å²) in [6.45, 7) is 2.48. The Bertz CT molecular complexity index is 539. The predicted molar refractivity (Wildman–Crippen MR) is 65.4 cm³/mol. The maximum Gasteiger partial charge on any atom is 0.354 e. The van der Waals surface area contributed by atoms with Crippen molar-refractivity contribution < 1.29 is 9.90 Å². The van der Waals surface area contributed by atoms with Gasteiger partial charge in [0, 0.05) is 11.1 Å². The van der Waals surface area contributed by atoms with Crippen LogP contribution in [0.4, 0.5) is 5.82 Å². The van der Waals surface area contributed by atoms with Gasteiger partial charge in [0.2, 0.25) is 0 Å². The number of aryl methyl sites for hydroxylation is 1. The van der Waals surface area contributed by atoms with Crippen molar-refractivity contribution >= 4 is 23.1 Å². The second-order valence-corrected chi connectivity index (χ2v) is 4.39. The number of carboxylic acids is 1. The van der Waals surface area contributed by atoms with Crippen molar-refractivity contribution in [2.75, 3.05) is 5.32 Å².